The van der Waals surface area contributed by atoms with Crippen molar-refractivity contribution in [1.29, 1.82) is 0 Å². The van der Waals surface area contributed by atoms with Gasteiger partial charge in [-0.3, -0.25) is 4.79 Å². The summed E-state index contributed by atoms with van der Waals surface area (Å²) in [7, 11) is 0. The molecule has 4 aliphatic rings. The Hall–Kier alpha value is -0.530. The van der Waals surface area contributed by atoms with Crippen molar-refractivity contribution in [3.63, 3.8) is 0 Å². The fourth-order valence-corrected chi connectivity index (χ4v) is 6.06. The molecule has 0 aliphatic heterocycles. The summed E-state index contributed by atoms with van der Waals surface area (Å²) >= 11 is 0. The number of hydrogen-bond donors (Lipinski definition) is 1. The molecule has 0 saturated heterocycles. The zero-order valence-electron chi connectivity index (χ0n) is 14.7. The molecule has 2 heteroatoms. The van der Waals surface area contributed by atoms with Crippen LogP contribution in [-0.2, 0) is 4.79 Å². The standard InChI is InChI=1S/C20H35NO/c1-3-4-5-6-7-8-19(22)21-15(2)20-12-16-9-17(13-20)11-18(10-16)14-20/h15-18H,3-14H2,1-2H3,(H,21,22)/t15-,16?,17?,18?,20?/m1/s1. The Morgan fingerprint density at radius 1 is 1.00 bits per heavy atom. The van der Waals surface area contributed by atoms with Crippen LogP contribution in [0.2, 0.25) is 0 Å². The van der Waals surface area contributed by atoms with E-state index < -0.39 is 0 Å². The van der Waals surface area contributed by atoms with Crippen molar-refractivity contribution >= 4 is 5.91 Å². The van der Waals surface area contributed by atoms with Crippen LogP contribution in [0.4, 0.5) is 0 Å². The minimum Gasteiger partial charge on any atom is -0.353 e. The molecule has 1 atom stereocenters. The highest BCUT2D eigenvalue weighted by Crippen LogP contribution is 2.61. The third-order valence-corrected chi connectivity index (χ3v) is 6.89. The largest absolute Gasteiger partial charge is 0.353 e. The van der Waals surface area contributed by atoms with Crippen LogP contribution >= 0.6 is 0 Å². The third-order valence-electron chi connectivity index (χ3n) is 6.89. The van der Waals surface area contributed by atoms with E-state index in [0.717, 1.165) is 30.6 Å². The van der Waals surface area contributed by atoms with E-state index in [4.69, 9.17) is 0 Å². The number of carbonyl (C=O) groups excluding carboxylic acids is 1. The minimum absolute atomic E-state index is 0.305. The van der Waals surface area contributed by atoms with Gasteiger partial charge < -0.3 is 5.32 Å². The van der Waals surface area contributed by atoms with Gasteiger partial charge in [0.25, 0.3) is 0 Å². The lowest BCUT2D eigenvalue weighted by atomic mass is 9.48. The second-order valence-corrected chi connectivity index (χ2v) is 8.73. The first-order valence-electron chi connectivity index (χ1n) is 9.90. The molecule has 2 nitrogen and oxygen atoms in total. The molecule has 0 radical (unpaired) electrons. The molecule has 1 N–H and O–H groups in total. The van der Waals surface area contributed by atoms with E-state index in [2.05, 4.69) is 19.2 Å². The minimum atomic E-state index is 0.305. The molecule has 0 aromatic heterocycles. The summed E-state index contributed by atoms with van der Waals surface area (Å²) < 4.78 is 0. The molecule has 4 saturated carbocycles. The van der Waals surface area contributed by atoms with E-state index in [-0.39, 0.29) is 0 Å². The molecule has 0 heterocycles. The third kappa shape index (κ3) is 3.51. The van der Waals surface area contributed by atoms with Crippen molar-refractivity contribution in [2.75, 3.05) is 0 Å². The highest BCUT2D eigenvalue weighted by Gasteiger charge is 2.53. The first-order valence-corrected chi connectivity index (χ1v) is 9.90. The first kappa shape index (κ1) is 16.3. The smallest absolute Gasteiger partial charge is 0.220 e. The number of hydrogen-bond acceptors (Lipinski definition) is 1. The molecule has 22 heavy (non-hydrogen) atoms. The van der Waals surface area contributed by atoms with Gasteiger partial charge in [-0.1, -0.05) is 32.6 Å². The maximum absolute atomic E-state index is 12.3. The van der Waals surface area contributed by atoms with Crippen molar-refractivity contribution in [2.45, 2.75) is 96.9 Å². The zero-order valence-corrected chi connectivity index (χ0v) is 14.7. The van der Waals surface area contributed by atoms with E-state index in [1.54, 1.807) is 0 Å². The molecule has 4 aliphatic carbocycles. The van der Waals surface area contributed by atoms with Gasteiger partial charge in [0.2, 0.25) is 5.91 Å². The van der Waals surface area contributed by atoms with Crippen molar-refractivity contribution in [3.8, 4) is 0 Å². The molecule has 0 spiro atoms. The molecule has 0 aromatic carbocycles. The van der Waals surface area contributed by atoms with E-state index in [1.165, 1.54) is 64.2 Å². The molecule has 1 amide bonds. The molecule has 4 rings (SSSR count). The fourth-order valence-electron chi connectivity index (χ4n) is 6.06. The maximum Gasteiger partial charge on any atom is 0.220 e. The number of unbranched alkanes of at least 4 members (excludes halogenated alkanes) is 4. The summed E-state index contributed by atoms with van der Waals surface area (Å²) in [4.78, 5) is 12.3. The van der Waals surface area contributed by atoms with E-state index in [0.29, 0.717) is 17.4 Å². The molecule has 0 aromatic rings. The second kappa shape index (κ2) is 6.93. The van der Waals surface area contributed by atoms with Crippen molar-refractivity contribution in [2.24, 2.45) is 23.2 Å². The van der Waals surface area contributed by atoms with Gasteiger partial charge in [0, 0.05) is 12.5 Å². The molecular weight excluding hydrogens is 270 g/mol. The van der Waals surface area contributed by atoms with Gasteiger partial charge in [-0.15, -0.1) is 0 Å². The maximum atomic E-state index is 12.3. The Labute approximate surface area is 136 Å². The predicted octanol–water partition coefficient (Wildman–Crippen LogP) is 5.07. The average Bonchev–Trinajstić information content (AvgIpc) is 2.45. The van der Waals surface area contributed by atoms with E-state index in [9.17, 15) is 4.79 Å². The Bertz CT molecular complexity index is 354. The predicted molar refractivity (Wildman–Crippen MR) is 91.6 cm³/mol. The van der Waals surface area contributed by atoms with Crippen molar-refractivity contribution < 1.29 is 4.79 Å². The first-order chi connectivity index (χ1) is 10.6. The number of carbonyl (C=O) groups is 1. The summed E-state index contributed by atoms with van der Waals surface area (Å²) in [5.74, 6) is 3.22. The van der Waals surface area contributed by atoms with Gasteiger partial charge in [0.15, 0.2) is 0 Å². The van der Waals surface area contributed by atoms with Crippen LogP contribution in [0.3, 0.4) is 0 Å². The van der Waals surface area contributed by atoms with Crippen LogP contribution in [0.15, 0.2) is 0 Å². The van der Waals surface area contributed by atoms with Crippen LogP contribution in [0.5, 0.6) is 0 Å². The van der Waals surface area contributed by atoms with Gasteiger partial charge in [-0.25, -0.2) is 0 Å². The van der Waals surface area contributed by atoms with Gasteiger partial charge in [-0.2, -0.15) is 0 Å². The topological polar surface area (TPSA) is 29.1 Å². The van der Waals surface area contributed by atoms with Gasteiger partial charge in [0.1, 0.15) is 0 Å². The Morgan fingerprint density at radius 2 is 1.55 bits per heavy atom. The Kier molecular flexibility index (Phi) is 5.14. The van der Waals surface area contributed by atoms with Crippen molar-refractivity contribution in [3.05, 3.63) is 0 Å². The second-order valence-electron chi connectivity index (χ2n) is 8.73. The molecule has 0 unspecified atom stereocenters. The molecule has 4 fully saturated rings. The molecular formula is C20H35NO. The normalized spacial score (nSPS) is 37.3. The zero-order chi connectivity index (χ0) is 15.6. The van der Waals surface area contributed by atoms with Crippen LogP contribution < -0.4 is 5.32 Å². The average molecular weight is 306 g/mol. The van der Waals surface area contributed by atoms with Crippen LogP contribution in [0.25, 0.3) is 0 Å². The summed E-state index contributed by atoms with van der Waals surface area (Å²) in [6, 6.07) is 0.393. The lowest BCUT2D eigenvalue weighted by Crippen LogP contribution is -2.55. The van der Waals surface area contributed by atoms with Gasteiger partial charge >= 0.3 is 0 Å². The van der Waals surface area contributed by atoms with E-state index in [1.807, 2.05) is 0 Å². The number of nitrogens with one attached hydrogen (secondary N) is 1. The lowest BCUT2D eigenvalue weighted by molar-refractivity contribution is -0.126. The Morgan fingerprint density at radius 3 is 2.09 bits per heavy atom. The summed E-state index contributed by atoms with van der Waals surface area (Å²) in [5, 5.41) is 3.39. The van der Waals surface area contributed by atoms with Crippen LogP contribution in [0.1, 0.15) is 90.9 Å². The van der Waals surface area contributed by atoms with Crippen LogP contribution in [0, 0.1) is 23.2 Å². The van der Waals surface area contributed by atoms with Gasteiger partial charge in [0.05, 0.1) is 0 Å². The summed E-state index contributed by atoms with van der Waals surface area (Å²) in [5.41, 5.74) is 0.451. The van der Waals surface area contributed by atoms with Crippen molar-refractivity contribution in [1.82, 2.24) is 5.32 Å². The van der Waals surface area contributed by atoms with Crippen LogP contribution in [-0.4, -0.2) is 11.9 Å². The number of amides is 1. The van der Waals surface area contributed by atoms with Gasteiger partial charge in [-0.05, 0) is 75.0 Å². The quantitative estimate of drug-likeness (QED) is 0.623. The summed E-state index contributed by atoms with van der Waals surface area (Å²) in [6.07, 6.45) is 15.5. The lowest BCUT2D eigenvalue weighted by Gasteiger charge is -2.59. The van der Waals surface area contributed by atoms with E-state index >= 15 is 0 Å². The Balaban J connectivity index is 1.45. The highest BCUT2D eigenvalue weighted by molar-refractivity contribution is 5.76. The molecule has 4 bridgehead atoms. The summed E-state index contributed by atoms with van der Waals surface area (Å²) in [6.45, 7) is 4.53. The SMILES string of the molecule is CCCCCCCC(=O)N[C@H](C)C12CC3CC(CC(C3)C1)C2. The molecule has 126 valence electrons. The fraction of sp³-hybridized carbons (Fsp3) is 0.950. The number of rotatable bonds is 8. The monoisotopic (exact) mass is 305 g/mol. The highest BCUT2D eigenvalue weighted by atomic mass is 16.1.